The Balaban J connectivity index is 1.78. The fourth-order valence-corrected chi connectivity index (χ4v) is 3.87. The zero-order chi connectivity index (χ0) is 16.1. The number of hydrogen-bond donors (Lipinski definition) is 1. The molecule has 3 rings (SSSR count). The standard InChI is InChI=1S/C22H27N/c1-18-11-7-8-14-21(18)19(2)23-17-22(15-9-4-10-16-22)20-12-5-3-6-13-20/h3,5-8,11-14,23H,2,4,9-10,15-17H2,1H3. The van der Waals surface area contributed by atoms with E-state index in [4.69, 9.17) is 0 Å². The first-order valence-corrected chi connectivity index (χ1v) is 8.76. The van der Waals surface area contributed by atoms with E-state index in [1.54, 1.807) is 0 Å². The molecular formula is C22H27N. The van der Waals surface area contributed by atoms with Crippen LogP contribution >= 0.6 is 0 Å². The minimum absolute atomic E-state index is 0.255. The fourth-order valence-electron chi connectivity index (χ4n) is 3.87. The third kappa shape index (κ3) is 3.50. The van der Waals surface area contributed by atoms with Crippen LogP contribution in [0.3, 0.4) is 0 Å². The van der Waals surface area contributed by atoms with Crippen molar-refractivity contribution in [2.45, 2.75) is 44.4 Å². The normalized spacial score (nSPS) is 16.7. The highest BCUT2D eigenvalue weighted by Gasteiger charge is 2.33. The molecule has 2 aromatic carbocycles. The smallest absolute Gasteiger partial charge is 0.0343 e. The molecule has 1 N–H and O–H groups in total. The average Bonchev–Trinajstić information content (AvgIpc) is 2.62. The quantitative estimate of drug-likeness (QED) is 0.773. The molecule has 1 saturated carbocycles. The molecule has 1 aliphatic carbocycles. The Morgan fingerprint density at radius 2 is 1.61 bits per heavy atom. The number of rotatable bonds is 5. The molecule has 0 unspecified atom stereocenters. The van der Waals surface area contributed by atoms with Gasteiger partial charge in [0.05, 0.1) is 0 Å². The Bertz CT molecular complexity index is 651. The topological polar surface area (TPSA) is 12.0 Å². The first kappa shape index (κ1) is 15.9. The minimum Gasteiger partial charge on any atom is -0.384 e. The highest BCUT2D eigenvalue weighted by atomic mass is 14.9. The largest absolute Gasteiger partial charge is 0.384 e. The van der Waals surface area contributed by atoms with Gasteiger partial charge in [-0.3, -0.25) is 0 Å². The molecule has 0 saturated heterocycles. The fraction of sp³-hybridized carbons (Fsp3) is 0.364. The summed E-state index contributed by atoms with van der Waals surface area (Å²) in [6.45, 7) is 7.41. The average molecular weight is 305 g/mol. The second-order valence-corrected chi connectivity index (χ2v) is 6.85. The summed E-state index contributed by atoms with van der Waals surface area (Å²) in [6, 6.07) is 19.5. The van der Waals surface area contributed by atoms with Crippen LogP contribution in [0.2, 0.25) is 0 Å². The highest BCUT2D eigenvalue weighted by molar-refractivity contribution is 5.64. The molecular weight excluding hydrogens is 278 g/mol. The predicted molar refractivity (Wildman–Crippen MR) is 99.4 cm³/mol. The summed E-state index contributed by atoms with van der Waals surface area (Å²) in [6.07, 6.45) is 6.56. The van der Waals surface area contributed by atoms with Gasteiger partial charge in [0.15, 0.2) is 0 Å². The van der Waals surface area contributed by atoms with Crippen molar-refractivity contribution >= 4 is 5.70 Å². The third-order valence-electron chi connectivity index (χ3n) is 5.31. The second-order valence-electron chi connectivity index (χ2n) is 6.85. The molecule has 1 heteroatoms. The van der Waals surface area contributed by atoms with Gasteiger partial charge in [0.25, 0.3) is 0 Å². The predicted octanol–water partition coefficient (Wildman–Crippen LogP) is 5.46. The molecule has 0 aliphatic heterocycles. The van der Waals surface area contributed by atoms with Gasteiger partial charge in [-0.1, -0.05) is 80.4 Å². The van der Waals surface area contributed by atoms with Crippen molar-refractivity contribution in [3.8, 4) is 0 Å². The SMILES string of the molecule is C=C(NCC1(c2ccccc2)CCCCC1)c1ccccc1C. The van der Waals surface area contributed by atoms with Crippen molar-refractivity contribution < 1.29 is 0 Å². The Kier molecular flexibility index (Phi) is 4.85. The van der Waals surface area contributed by atoms with Gasteiger partial charge >= 0.3 is 0 Å². The molecule has 23 heavy (non-hydrogen) atoms. The van der Waals surface area contributed by atoms with E-state index in [0.29, 0.717) is 0 Å². The number of benzene rings is 2. The van der Waals surface area contributed by atoms with Crippen LogP contribution in [0.1, 0.15) is 48.8 Å². The number of aryl methyl sites for hydroxylation is 1. The van der Waals surface area contributed by atoms with Gasteiger partial charge in [0.2, 0.25) is 0 Å². The van der Waals surface area contributed by atoms with Crippen LogP contribution in [0.15, 0.2) is 61.2 Å². The third-order valence-corrected chi connectivity index (χ3v) is 5.31. The van der Waals surface area contributed by atoms with Gasteiger partial charge < -0.3 is 5.32 Å². The van der Waals surface area contributed by atoms with Gasteiger partial charge in [-0.15, -0.1) is 0 Å². The zero-order valence-corrected chi connectivity index (χ0v) is 14.1. The van der Waals surface area contributed by atoms with Gasteiger partial charge in [0, 0.05) is 17.7 Å². The van der Waals surface area contributed by atoms with E-state index in [-0.39, 0.29) is 5.41 Å². The monoisotopic (exact) mass is 305 g/mol. The Hall–Kier alpha value is -2.02. The molecule has 0 atom stereocenters. The summed E-state index contributed by atoms with van der Waals surface area (Å²) >= 11 is 0. The lowest BCUT2D eigenvalue weighted by Gasteiger charge is -2.38. The van der Waals surface area contributed by atoms with Crippen molar-refractivity contribution in [3.05, 3.63) is 77.9 Å². The van der Waals surface area contributed by atoms with Crippen LogP contribution in [0.4, 0.5) is 0 Å². The van der Waals surface area contributed by atoms with Crippen molar-refractivity contribution in [1.29, 1.82) is 0 Å². The molecule has 0 aromatic heterocycles. The summed E-state index contributed by atoms with van der Waals surface area (Å²) in [4.78, 5) is 0. The van der Waals surface area contributed by atoms with Crippen molar-refractivity contribution in [2.75, 3.05) is 6.54 Å². The van der Waals surface area contributed by atoms with Crippen LogP contribution in [0.5, 0.6) is 0 Å². The first-order valence-electron chi connectivity index (χ1n) is 8.76. The molecule has 1 aliphatic rings. The lowest BCUT2D eigenvalue weighted by Crippen LogP contribution is -2.39. The molecule has 120 valence electrons. The van der Waals surface area contributed by atoms with Crippen LogP contribution in [-0.4, -0.2) is 6.54 Å². The molecule has 0 bridgehead atoms. The van der Waals surface area contributed by atoms with Gasteiger partial charge in [0.1, 0.15) is 0 Å². The van der Waals surface area contributed by atoms with Crippen LogP contribution < -0.4 is 5.32 Å². The molecule has 0 amide bonds. The minimum atomic E-state index is 0.255. The van der Waals surface area contributed by atoms with Crippen molar-refractivity contribution in [3.63, 3.8) is 0 Å². The van der Waals surface area contributed by atoms with Gasteiger partial charge in [-0.05, 0) is 36.5 Å². The number of hydrogen-bond acceptors (Lipinski definition) is 1. The molecule has 1 nitrogen and oxygen atoms in total. The maximum Gasteiger partial charge on any atom is 0.0343 e. The van der Waals surface area contributed by atoms with E-state index in [1.165, 1.54) is 48.8 Å². The first-order chi connectivity index (χ1) is 11.2. The lowest BCUT2D eigenvalue weighted by molar-refractivity contribution is 0.290. The Labute approximate surface area is 140 Å². The highest BCUT2D eigenvalue weighted by Crippen LogP contribution is 2.39. The molecule has 0 radical (unpaired) electrons. The molecule has 0 spiro atoms. The van der Waals surface area contributed by atoms with E-state index < -0.39 is 0 Å². The van der Waals surface area contributed by atoms with Crippen LogP contribution in [0, 0.1) is 6.92 Å². The second kappa shape index (κ2) is 7.04. The number of nitrogens with one attached hydrogen (secondary N) is 1. The van der Waals surface area contributed by atoms with E-state index >= 15 is 0 Å². The Morgan fingerprint density at radius 3 is 2.30 bits per heavy atom. The Morgan fingerprint density at radius 1 is 0.957 bits per heavy atom. The molecule has 1 fully saturated rings. The zero-order valence-electron chi connectivity index (χ0n) is 14.1. The lowest BCUT2D eigenvalue weighted by atomic mass is 9.69. The van der Waals surface area contributed by atoms with Gasteiger partial charge in [-0.2, -0.15) is 0 Å². The maximum atomic E-state index is 4.28. The van der Waals surface area contributed by atoms with Gasteiger partial charge in [-0.25, -0.2) is 0 Å². The summed E-state index contributed by atoms with van der Waals surface area (Å²) in [5, 5.41) is 3.65. The molecule has 2 aromatic rings. The van der Waals surface area contributed by atoms with E-state index in [0.717, 1.165) is 12.2 Å². The van der Waals surface area contributed by atoms with Crippen LogP contribution in [0.25, 0.3) is 5.70 Å². The summed E-state index contributed by atoms with van der Waals surface area (Å²) in [5.41, 5.74) is 5.29. The summed E-state index contributed by atoms with van der Waals surface area (Å²) < 4.78 is 0. The van der Waals surface area contributed by atoms with E-state index in [1.807, 2.05) is 0 Å². The summed E-state index contributed by atoms with van der Waals surface area (Å²) in [7, 11) is 0. The summed E-state index contributed by atoms with van der Waals surface area (Å²) in [5.74, 6) is 0. The molecule has 0 heterocycles. The maximum absolute atomic E-state index is 4.28. The van der Waals surface area contributed by atoms with E-state index in [2.05, 4.69) is 73.4 Å². The van der Waals surface area contributed by atoms with E-state index in [9.17, 15) is 0 Å². The van der Waals surface area contributed by atoms with Crippen molar-refractivity contribution in [1.82, 2.24) is 5.32 Å². The van der Waals surface area contributed by atoms with Crippen molar-refractivity contribution in [2.24, 2.45) is 0 Å². The van der Waals surface area contributed by atoms with Crippen LogP contribution in [-0.2, 0) is 5.41 Å².